The van der Waals surface area contributed by atoms with E-state index in [1.54, 1.807) is 4.68 Å². The van der Waals surface area contributed by atoms with Crippen molar-refractivity contribution in [1.29, 1.82) is 0 Å². The second-order valence-electron chi connectivity index (χ2n) is 9.67. The molecule has 1 aliphatic heterocycles. The number of nitrogens with zero attached hydrogens (tertiary/aromatic N) is 4. The second kappa shape index (κ2) is 8.37. The van der Waals surface area contributed by atoms with Gasteiger partial charge in [-0.1, -0.05) is 37.1 Å². The van der Waals surface area contributed by atoms with E-state index in [1.165, 1.54) is 6.20 Å². The number of amides is 1. The molecule has 6 rings (SSSR count). The fraction of sp³-hybridized carbons (Fsp3) is 0.333. The first-order chi connectivity index (χ1) is 17.0. The van der Waals surface area contributed by atoms with Gasteiger partial charge in [0.15, 0.2) is 11.4 Å². The van der Waals surface area contributed by atoms with Crippen LogP contribution in [0.2, 0.25) is 0 Å². The van der Waals surface area contributed by atoms with Crippen molar-refractivity contribution >= 4 is 16.9 Å². The van der Waals surface area contributed by atoms with Crippen molar-refractivity contribution in [2.45, 2.75) is 57.2 Å². The highest BCUT2D eigenvalue weighted by molar-refractivity contribution is 5.92. The van der Waals surface area contributed by atoms with Crippen LogP contribution in [0.5, 0.6) is 5.75 Å². The third kappa shape index (κ3) is 3.79. The monoisotopic (exact) mass is 469 g/mol. The predicted molar refractivity (Wildman–Crippen MR) is 131 cm³/mol. The van der Waals surface area contributed by atoms with Crippen molar-refractivity contribution in [2.75, 3.05) is 0 Å². The van der Waals surface area contributed by atoms with Crippen LogP contribution in [0, 0.1) is 0 Å². The van der Waals surface area contributed by atoms with E-state index in [-0.39, 0.29) is 17.8 Å². The van der Waals surface area contributed by atoms with Crippen LogP contribution in [0.3, 0.4) is 0 Å². The number of carbonyl (C=O) groups is 1. The first-order valence-corrected chi connectivity index (χ1v) is 12.2. The maximum absolute atomic E-state index is 13.0. The number of aryl methyl sites for hydroxylation is 2. The smallest absolute Gasteiger partial charge is 0.276 e. The standard InChI is InChI=1S/C27H27N5O3/c33-22-16-31-17-27(12-3-4-13-27)32-14-11-19-8-10-21(29-25(19)32)9-7-18-5-1-2-6-20(18)15-28-26(35)23(30-31)24(22)34/h1-2,5-6,8,10-11,14,16,33H,3-4,7,9,12-13,15,17H2,(H,28,35). The summed E-state index contributed by atoms with van der Waals surface area (Å²) in [5.41, 5.74) is 2.70. The van der Waals surface area contributed by atoms with Crippen LogP contribution >= 0.6 is 0 Å². The van der Waals surface area contributed by atoms with Gasteiger partial charge >= 0.3 is 0 Å². The van der Waals surface area contributed by atoms with Crippen molar-refractivity contribution in [1.82, 2.24) is 24.6 Å². The molecule has 2 N–H and O–H groups in total. The number of hydrogen-bond acceptors (Lipinski definition) is 5. The van der Waals surface area contributed by atoms with Crippen LogP contribution in [0.25, 0.3) is 11.0 Å². The van der Waals surface area contributed by atoms with Gasteiger partial charge in [-0.25, -0.2) is 4.98 Å². The lowest BCUT2D eigenvalue weighted by molar-refractivity contribution is 0.0940. The van der Waals surface area contributed by atoms with Crippen LogP contribution in [-0.2, 0) is 31.5 Å². The van der Waals surface area contributed by atoms with Crippen molar-refractivity contribution in [3.05, 3.63) is 87.6 Å². The van der Waals surface area contributed by atoms with Gasteiger partial charge in [0.2, 0.25) is 0 Å². The Labute approximate surface area is 202 Å². The summed E-state index contributed by atoms with van der Waals surface area (Å²) in [6.45, 7) is 0.699. The van der Waals surface area contributed by atoms with Crippen LogP contribution in [0.1, 0.15) is 53.0 Å². The Morgan fingerprint density at radius 3 is 2.60 bits per heavy atom. The summed E-state index contributed by atoms with van der Waals surface area (Å²) in [5.74, 6) is -1.06. The zero-order valence-corrected chi connectivity index (χ0v) is 19.4. The summed E-state index contributed by atoms with van der Waals surface area (Å²) in [6, 6.07) is 14.3. The third-order valence-electron chi connectivity index (χ3n) is 7.47. The first-order valence-electron chi connectivity index (χ1n) is 12.2. The molecule has 1 aliphatic carbocycles. The molecule has 1 saturated carbocycles. The van der Waals surface area contributed by atoms with E-state index in [1.807, 2.05) is 18.2 Å². The van der Waals surface area contributed by atoms with Crippen LogP contribution < -0.4 is 10.7 Å². The average Bonchev–Trinajstić information content (AvgIpc) is 3.51. The maximum Gasteiger partial charge on any atom is 0.276 e. The zero-order valence-electron chi connectivity index (χ0n) is 19.4. The van der Waals surface area contributed by atoms with E-state index in [0.717, 1.165) is 66.4 Å². The highest BCUT2D eigenvalue weighted by Crippen LogP contribution is 2.40. The predicted octanol–water partition coefficient (Wildman–Crippen LogP) is 3.30. The fourth-order valence-electron chi connectivity index (χ4n) is 5.63. The number of aromatic hydroxyl groups is 1. The van der Waals surface area contributed by atoms with Gasteiger partial charge in [0.25, 0.3) is 11.3 Å². The molecule has 4 aromatic rings. The Hall–Kier alpha value is -3.94. The summed E-state index contributed by atoms with van der Waals surface area (Å²) in [4.78, 5) is 30.7. The van der Waals surface area contributed by atoms with Crippen molar-refractivity contribution in [3.8, 4) is 5.75 Å². The van der Waals surface area contributed by atoms with E-state index in [0.29, 0.717) is 6.54 Å². The van der Waals surface area contributed by atoms with Gasteiger partial charge in [-0.2, -0.15) is 5.10 Å². The number of fused-ring (bicyclic) bond motifs is 5. The summed E-state index contributed by atoms with van der Waals surface area (Å²) in [7, 11) is 0. The summed E-state index contributed by atoms with van der Waals surface area (Å²) in [6.07, 6.45) is 8.97. The molecule has 1 aromatic carbocycles. The van der Waals surface area contributed by atoms with Gasteiger partial charge in [0.1, 0.15) is 5.65 Å². The number of aromatic nitrogens is 4. The first kappa shape index (κ1) is 21.6. The second-order valence-corrected chi connectivity index (χ2v) is 9.67. The van der Waals surface area contributed by atoms with Crippen molar-refractivity contribution in [2.24, 2.45) is 0 Å². The Bertz CT molecular complexity index is 1500. The molecule has 0 unspecified atom stereocenters. The number of carbonyl (C=O) groups excluding carboxylic acids is 1. The molecule has 8 nitrogen and oxygen atoms in total. The quantitative estimate of drug-likeness (QED) is 0.412. The Balaban J connectivity index is 1.53. The summed E-state index contributed by atoms with van der Waals surface area (Å²) >= 11 is 0. The lowest BCUT2D eigenvalue weighted by atomic mass is 9.97. The van der Waals surface area contributed by atoms with E-state index in [9.17, 15) is 14.7 Å². The highest BCUT2D eigenvalue weighted by atomic mass is 16.3. The van der Waals surface area contributed by atoms with E-state index < -0.39 is 17.1 Å². The number of benzene rings is 1. The van der Waals surface area contributed by atoms with Crippen molar-refractivity contribution < 1.29 is 9.90 Å². The molecule has 1 fully saturated rings. The highest BCUT2D eigenvalue weighted by Gasteiger charge is 2.38. The molecule has 35 heavy (non-hydrogen) atoms. The minimum atomic E-state index is -0.758. The van der Waals surface area contributed by atoms with Gasteiger partial charge in [-0.05, 0) is 55.0 Å². The van der Waals surface area contributed by atoms with E-state index >= 15 is 0 Å². The number of nitrogens with one attached hydrogen (secondary N) is 1. The minimum absolute atomic E-state index is 0.269. The van der Waals surface area contributed by atoms with Crippen LogP contribution in [0.4, 0.5) is 0 Å². The van der Waals surface area contributed by atoms with Gasteiger partial charge in [0, 0.05) is 23.8 Å². The molecule has 178 valence electrons. The average molecular weight is 470 g/mol. The largest absolute Gasteiger partial charge is 0.503 e. The van der Waals surface area contributed by atoms with Crippen molar-refractivity contribution in [3.63, 3.8) is 0 Å². The maximum atomic E-state index is 13.0. The van der Waals surface area contributed by atoms with Gasteiger partial charge in [-0.15, -0.1) is 0 Å². The van der Waals surface area contributed by atoms with Crippen LogP contribution in [0.15, 0.2) is 59.7 Å². The Morgan fingerprint density at radius 2 is 1.77 bits per heavy atom. The molecule has 1 spiro atoms. The molecular weight excluding hydrogens is 442 g/mol. The molecule has 0 saturated heterocycles. The molecule has 3 aromatic heterocycles. The van der Waals surface area contributed by atoms with Gasteiger partial charge in [-0.3, -0.25) is 14.3 Å². The van der Waals surface area contributed by atoms with E-state index in [2.05, 4.69) is 45.4 Å². The SMILES string of the molecule is O=C1NCc2ccccc2CCc2ccc3ccn(c3n2)C2(CCCC2)Cn2cc(O)c(=O)c1n2. The molecule has 0 radical (unpaired) electrons. The minimum Gasteiger partial charge on any atom is -0.503 e. The van der Waals surface area contributed by atoms with E-state index in [4.69, 9.17) is 4.98 Å². The molecule has 2 aliphatic rings. The normalized spacial score (nSPS) is 17.5. The molecule has 8 heteroatoms. The zero-order chi connectivity index (χ0) is 24.0. The van der Waals surface area contributed by atoms with Crippen LogP contribution in [-0.4, -0.2) is 30.3 Å². The van der Waals surface area contributed by atoms with Gasteiger partial charge in [0.05, 0.1) is 18.3 Å². The summed E-state index contributed by atoms with van der Waals surface area (Å²) in [5, 5.41) is 18.7. The number of pyridine rings is 1. The topological polar surface area (TPSA) is 102 Å². The lowest BCUT2D eigenvalue weighted by Gasteiger charge is -2.32. The molecular formula is C27H27N5O3. The fourth-order valence-corrected chi connectivity index (χ4v) is 5.63. The molecule has 1 amide bonds. The number of rotatable bonds is 0. The summed E-state index contributed by atoms with van der Waals surface area (Å²) < 4.78 is 3.79. The third-order valence-corrected chi connectivity index (χ3v) is 7.47. The molecule has 0 atom stereocenters. The Morgan fingerprint density at radius 1 is 0.971 bits per heavy atom. The number of hydrogen-bond donors (Lipinski definition) is 2. The van der Waals surface area contributed by atoms with Gasteiger partial charge < -0.3 is 15.0 Å². The Kier molecular flexibility index (Phi) is 5.16. The molecule has 4 bridgehead atoms. The molecule has 4 heterocycles. The lowest BCUT2D eigenvalue weighted by Crippen LogP contribution is -2.38.